The Hall–Kier alpha value is -1.05. The highest BCUT2D eigenvalue weighted by molar-refractivity contribution is 5.78. The predicted octanol–water partition coefficient (Wildman–Crippen LogP) is -0.477. The van der Waals surface area contributed by atoms with E-state index < -0.39 is 0 Å². The maximum atomic E-state index is 11.0. The molecule has 74 valence electrons. The second-order valence-corrected chi connectivity index (χ2v) is 2.61. The largest absolute Gasteiger partial charge is 0.396 e. The Balaban J connectivity index is 3.80. The van der Waals surface area contributed by atoms with Crippen LogP contribution in [-0.2, 0) is 9.53 Å². The van der Waals surface area contributed by atoms with Gasteiger partial charge in [-0.25, -0.2) is 0 Å². The van der Waals surface area contributed by atoms with Crippen molar-refractivity contribution >= 4 is 5.91 Å². The van der Waals surface area contributed by atoms with Gasteiger partial charge < -0.3 is 15.2 Å². The van der Waals surface area contributed by atoms with Crippen LogP contribution in [-0.4, -0.2) is 37.4 Å². The number of rotatable bonds is 6. The molecular formula is C9H15NO3. The molecule has 4 heteroatoms. The summed E-state index contributed by atoms with van der Waals surface area (Å²) in [6.07, 6.45) is 5.50. The third kappa shape index (κ3) is 6.14. The number of aliphatic hydroxyl groups is 1. The molecule has 1 atom stereocenters. The summed E-state index contributed by atoms with van der Waals surface area (Å²) in [6, 6.07) is -0.157. The van der Waals surface area contributed by atoms with Crippen LogP contribution in [0.1, 0.15) is 12.8 Å². The van der Waals surface area contributed by atoms with Gasteiger partial charge in [-0.05, 0) is 6.42 Å². The molecule has 0 heterocycles. The van der Waals surface area contributed by atoms with E-state index in [1.165, 1.54) is 7.11 Å². The molecule has 0 aliphatic heterocycles. The zero-order chi connectivity index (χ0) is 10.1. The van der Waals surface area contributed by atoms with Crippen molar-refractivity contribution in [2.24, 2.45) is 0 Å². The Bertz CT molecular complexity index is 180. The number of amides is 1. The van der Waals surface area contributed by atoms with Crippen LogP contribution < -0.4 is 5.32 Å². The number of terminal acetylenes is 1. The van der Waals surface area contributed by atoms with E-state index in [0.29, 0.717) is 13.0 Å². The first-order chi connectivity index (χ1) is 6.24. The van der Waals surface area contributed by atoms with E-state index in [1.54, 1.807) is 0 Å². The lowest BCUT2D eigenvalue weighted by molar-refractivity contribution is -0.121. The predicted molar refractivity (Wildman–Crippen MR) is 49.0 cm³/mol. The summed E-state index contributed by atoms with van der Waals surface area (Å²) in [5.74, 6) is 2.03. The molecule has 0 aliphatic carbocycles. The number of hydrogen-bond acceptors (Lipinski definition) is 3. The van der Waals surface area contributed by atoms with E-state index in [2.05, 4.69) is 11.2 Å². The first kappa shape index (κ1) is 11.9. The van der Waals surface area contributed by atoms with Crippen LogP contribution >= 0.6 is 0 Å². The van der Waals surface area contributed by atoms with E-state index in [1.807, 2.05) is 0 Å². The van der Waals surface area contributed by atoms with Gasteiger partial charge in [0.15, 0.2) is 0 Å². The Morgan fingerprint density at radius 2 is 2.46 bits per heavy atom. The second kappa shape index (κ2) is 7.59. The summed E-state index contributed by atoms with van der Waals surface area (Å²) >= 11 is 0. The summed E-state index contributed by atoms with van der Waals surface area (Å²) in [4.78, 5) is 11.0. The van der Waals surface area contributed by atoms with Gasteiger partial charge in [-0.15, -0.1) is 6.42 Å². The second-order valence-electron chi connectivity index (χ2n) is 2.61. The Kier molecular flexibility index (Phi) is 6.98. The molecule has 0 aromatic carbocycles. The molecule has 0 aromatic heterocycles. The molecule has 0 bridgehead atoms. The molecule has 0 aliphatic rings. The van der Waals surface area contributed by atoms with Gasteiger partial charge in [0, 0.05) is 13.7 Å². The van der Waals surface area contributed by atoms with Crippen molar-refractivity contribution in [2.75, 3.05) is 20.3 Å². The summed E-state index contributed by atoms with van der Waals surface area (Å²) in [5, 5.41) is 11.3. The molecule has 0 aromatic rings. The Labute approximate surface area is 78.3 Å². The SMILES string of the molecule is C#CCC(=O)NC(CCO)COC. The van der Waals surface area contributed by atoms with Gasteiger partial charge in [0.1, 0.15) is 0 Å². The summed E-state index contributed by atoms with van der Waals surface area (Å²) in [6.45, 7) is 0.404. The minimum atomic E-state index is -0.210. The summed E-state index contributed by atoms with van der Waals surface area (Å²) in [5.41, 5.74) is 0. The van der Waals surface area contributed by atoms with Gasteiger partial charge in [-0.3, -0.25) is 4.79 Å². The molecule has 0 saturated heterocycles. The van der Waals surface area contributed by atoms with Crippen LogP contribution in [0.2, 0.25) is 0 Å². The van der Waals surface area contributed by atoms with E-state index in [9.17, 15) is 4.79 Å². The maximum Gasteiger partial charge on any atom is 0.232 e. The van der Waals surface area contributed by atoms with Crippen LogP contribution in [0.15, 0.2) is 0 Å². The third-order valence-electron chi connectivity index (χ3n) is 1.47. The van der Waals surface area contributed by atoms with Crippen molar-refractivity contribution in [2.45, 2.75) is 18.9 Å². The van der Waals surface area contributed by atoms with Gasteiger partial charge in [0.2, 0.25) is 5.91 Å². The third-order valence-corrected chi connectivity index (χ3v) is 1.47. The van der Waals surface area contributed by atoms with Crippen LogP contribution in [0.3, 0.4) is 0 Å². The molecule has 0 saturated carbocycles. The minimum absolute atomic E-state index is 0.0182. The highest BCUT2D eigenvalue weighted by Gasteiger charge is 2.10. The average molecular weight is 185 g/mol. The number of ether oxygens (including phenoxy) is 1. The molecule has 0 fully saturated rings. The minimum Gasteiger partial charge on any atom is -0.396 e. The van der Waals surface area contributed by atoms with Crippen molar-refractivity contribution in [3.8, 4) is 12.3 Å². The fourth-order valence-corrected chi connectivity index (χ4v) is 0.926. The van der Waals surface area contributed by atoms with E-state index in [-0.39, 0.29) is 25.0 Å². The van der Waals surface area contributed by atoms with Gasteiger partial charge in [0.25, 0.3) is 0 Å². The lowest BCUT2D eigenvalue weighted by Gasteiger charge is -2.15. The van der Waals surface area contributed by atoms with Crippen molar-refractivity contribution in [1.29, 1.82) is 0 Å². The lowest BCUT2D eigenvalue weighted by Crippen LogP contribution is -2.38. The topological polar surface area (TPSA) is 58.6 Å². The van der Waals surface area contributed by atoms with Crippen LogP contribution in [0, 0.1) is 12.3 Å². The Morgan fingerprint density at radius 3 is 2.92 bits per heavy atom. The molecule has 1 unspecified atom stereocenters. The fraction of sp³-hybridized carbons (Fsp3) is 0.667. The molecular weight excluding hydrogens is 170 g/mol. The smallest absolute Gasteiger partial charge is 0.232 e. The number of carbonyl (C=O) groups excluding carboxylic acids is 1. The molecule has 13 heavy (non-hydrogen) atoms. The van der Waals surface area contributed by atoms with Gasteiger partial charge in [-0.2, -0.15) is 0 Å². The highest BCUT2D eigenvalue weighted by atomic mass is 16.5. The first-order valence-corrected chi connectivity index (χ1v) is 4.07. The first-order valence-electron chi connectivity index (χ1n) is 4.07. The zero-order valence-corrected chi connectivity index (χ0v) is 7.75. The lowest BCUT2D eigenvalue weighted by atomic mass is 10.2. The molecule has 2 N–H and O–H groups in total. The van der Waals surface area contributed by atoms with Crippen molar-refractivity contribution < 1.29 is 14.6 Å². The van der Waals surface area contributed by atoms with E-state index in [4.69, 9.17) is 16.3 Å². The van der Waals surface area contributed by atoms with Gasteiger partial charge in [0.05, 0.1) is 19.1 Å². The number of carbonyl (C=O) groups is 1. The number of methoxy groups -OCH3 is 1. The van der Waals surface area contributed by atoms with Crippen LogP contribution in [0.4, 0.5) is 0 Å². The van der Waals surface area contributed by atoms with Crippen LogP contribution in [0.5, 0.6) is 0 Å². The normalized spacial score (nSPS) is 11.8. The molecule has 0 rings (SSSR count). The van der Waals surface area contributed by atoms with E-state index >= 15 is 0 Å². The molecule has 4 nitrogen and oxygen atoms in total. The molecule has 1 amide bonds. The number of hydrogen-bond donors (Lipinski definition) is 2. The summed E-state index contributed by atoms with van der Waals surface area (Å²) in [7, 11) is 1.54. The molecule has 0 radical (unpaired) electrons. The van der Waals surface area contributed by atoms with Crippen molar-refractivity contribution in [3.05, 3.63) is 0 Å². The fourth-order valence-electron chi connectivity index (χ4n) is 0.926. The standard InChI is InChI=1S/C9H15NO3/c1-3-4-9(12)10-8(5-6-11)7-13-2/h1,8,11H,4-7H2,2H3,(H,10,12). The average Bonchev–Trinajstić information content (AvgIpc) is 2.05. The van der Waals surface area contributed by atoms with Gasteiger partial charge >= 0.3 is 0 Å². The monoisotopic (exact) mass is 185 g/mol. The number of aliphatic hydroxyl groups excluding tert-OH is 1. The Morgan fingerprint density at radius 1 is 1.77 bits per heavy atom. The maximum absolute atomic E-state index is 11.0. The van der Waals surface area contributed by atoms with Crippen LogP contribution in [0.25, 0.3) is 0 Å². The number of nitrogens with one attached hydrogen (secondary N) is 1. The van der Waals surface area contributed by atoms with Crippen molar-refractivity contribution in [1.82, 2.24) is 5.32 Å². The van der Waals surface area contributed by atoms with E-state index in [0.717, 1.165) is 0 Å². The molecule has 0 spiro atoms. The quantitative estimate of drug-likeness (QED) is 0.550. The highest BCUT2D eigenvalue weighted by Crippen LogP contribution is 1.92. The summed E-state index contributed by atoms with van der Waals surface area (Å²) < 4.78 is 4.86. The zero-order valence-electron chi connectivity index (χ0n) is 7.75. The van der Waals surface area contributed by atoms with Gasteiger partial charge in [-0.1, -0.05) is 5.92 Å². The van der Waals surface area contributed by atoms with Crippen molar-refractivity contribution in [3.63, 3.8) is 0 Å².